The summed E-state index contributed by atoms with van der Waals surface area (Å²) in [7, 11) is 0. The predicted molar refractivity (Wildman–Crippen MR) is 99.2 cm³/mol. The molecule has 0 aliphatic carbocycles. The van der Waals surface area contributed by atoms with Crippen LogP contribution in [0.1, 0.15) is 42.3 Å². The summed E-state index contributed by atoms with van der Waals surface area (Å²) in [6.45, 7) is 14.6. The number of aliphatic imine (C=N–C) groups is 1. The van der Waals surface area contributed by atoms with Crippen molar-refractivity contribution >= 4 is 17.3 Å². The lowest BCUT2D eigenvalue weighted by atomic mass is 9.99. The van der Waals surface area contributed by atoms with Gasteiger partial charge in [0, 0.05) is 24.5 Å². The van der Waals surface area contributed by atoms with E-state index in [2.05, 4.69) is 53.2 Å². The minimum Gasteiger partial charge on any atom is -0.357 e. The zero-order valence-electron chi connectivity index (χ0n) is 15.0. The third-order valence-electron chi connectivity index (χ3n) is 4.39. The van der Waals surface area contributed by atoms with Crippen molar-refractivity contribution < 1.29 is 0 Å². The summed E-state index contributed by atoms with van der Waals surface area (Å²) in [5.74, 6) is 1.78. The molecule has 5 nitrogen and oxygen atoms in total. The molecule has 0 bridgehead atoms. The van der Waals surface area contributed by atoms with Gasteiger partial charge < -0.3 is 15.5 Å². The van der Waals surface area contributed by atoms with Gasteiger partial charge in [0.25, 0.3) is 0 Å². The van der Waals surface area contributed by atoms with E-state index in [0.717, 1.165) is 42.2 Å². The molecule has 2 heterocycles. The molecule has 1 aliphatic heterocycles. The summed E-state index contributed by atoms with van der Waals surface area (Å²) in [5, 5.41) is 7.85. The topological polar surface area (TPSA) is 52.6 Å². The van der Waals surface area contributed by atoms with E-state index in [1.54, 1.807) is 11.3 Å². The lowest BCUT2D eigenvalue weighted by molar-refractivity contribution is 0.195. The second-order valence-electron chi connectivity index (χ2n) is 6.40. The molecule has 1 aliphatic rings. The Morgan fingerprint density at radius 1 is 1.30 bits per heavy atom. The average molecular weight is 338 g/mol. The molecule has 0 saturated carbocycles. The third kappa shape index (κ3) is 6.11. The van der Waals surface area contributed by atoms with Gasteiger partial charge in [0.05, 0.1) is 12.2 Å². The molecule has 1 fully saturated rings. The van der Waals surface area contributed by atoms with Crippen molar-refractivity contribution in [1.29, 1.82) is 0 Å². The van der Waals surface area contributed by atoms with Gasteiger partial charge in [0.2, 0.25) is 0 Å². The molecule has 0 radical (unpaired) electrons. The smallest absolute Gasteiger partial charge is 0.191 e. The van der Waals surface area contributed by atoms with Crippen LogP contribution in [0.4, 0.5) is 0 Å². The van der Waals surface area contributed by atoms with Gasteiger partial charge in [-0.15, -0.1) is 11.3 Å². The maximum atomic E-state index is 4.66. The number of nitrogens with one attached hydrogen (secondary N) is 2. The van der Waals surface area contributed by atoms with Crippen molar-refractivity contribution in [3.05, 3.63) is 15.6 Å². The van der Waals surface area contributed by atoms with Gasteiger partial charge >= 0.3 is 0 Å². The molecule has 0 aromatic carbocycles. The molecule has 1 saturated heterocycles. The number of nitrogens with zero attached hydrogens (tertiary/aromatic N) is 3. The first-order chi connectivity index (χ1) is 11.1. The Morgan fingerprint density at radius 3 is 2.65 bits per heavy atom. The van der Waals surface area contributed by atoms with Crippen LogP contribution < -0.4 is 10.6 Å². The molecule has 2 rings (SSSR count). The fourth-order valence-electron chi connectivity index (χ4n) is 2.71. The number of guanidine groups is 1. The van der Waals surface area contributed by atoms with Gasteiger partial charge in [0.15, 0.2) is 5.96 Å². The fraction of sp³-hybridized carbons (Fsp3) is 0.765. The monoisotopic (exact) mass is 337 g/mol. The lowest BCUT2D eigenvalue weighted by Crippen LogP contribution is -2.43. The Morgan fingerprint density at radius 2 is 2.04 bits per heavy atom. The van der Waals surface area contributed by atoms with Crippen LogP contribution in [-0.2, 0) is 6.54 Å². The van der Waals surface area contributed by atoms with E-state index >= 15 is 0 Å². The normalized spacial score (nSPS) is 17.5. The van der Waals surface area contributed by atoms with E-state index in [1.165, 1.54) is 30.8 Å². The van der Waals surface area contributed by atoms with Crippen molar-refractivity contribution in [1.82, 2.24) is 20.5 Å². The second-order valence-corrected chi connectivity index (χ2v) is 7.68. The highest BCUT2D eigenvalue weighted by Crippen LogP contribution is 2.17. The molecule has 2 N–H and O–H groups in total. The largest absolute Gasteiger partial charge is 0.357 e. The Hall–Kier alpha value is -1.14. The SMILES string of the molecule is CCNC(=NCc1nc(C)c(C)s1)NCCN1CCC(C)CC1. The van der Waals surface area contributed by atoms with Crippen LogP contribution >= 0.6 is 11.3 Å². The van der Waals surface area contributed by atoms with Crippen molar-refractivity contribution in [3.63, 3.8) is 0 Å². The van der Waals surface area contributed by atoms with Gasteiger partial charge in [-0.2, -0.15) is 0 Å². The number of hydrogen-bond acceptors (Lipinski definition) is 4. The van der Waals surface area contributed by atoms with Gasteiger partial charge in [-0.3, -0.25) is 0 Å². The predicted octanol–water partition coefficient (Wildman–Crippen LogP) is 2.55. The number of hydrogen-bond donors (Lipinski definition) is 2. The van der Waals surface area contributed by atoms with Gasteiger partial charge in [0.1, 0.15) is 5.01 Å². The maximum absolute atomic E-state index is 4.66. The minimum absolute atomic E-state index is 0.649. The number of aromatic nitrogens is 1. The van der Waals surface area contributed by atoms with Crippen LogP contribution in [0.25, 0.3) is 0 Å². The molecule has 0 amide bonds. The highest BCUT2D eigenvalue weighted by Gasteiger charge is 2.14. The molecular formula is C17H31N5S. The number of rotatable bonds is 6. The van der Waals surface area contributed by atoms with Crippen LogP contribution in [0, 0.1) is 19.8 Å². The van der Waals surface area contributed by atoms with E-state index in [0.29, 0.717) is 6.54 Å². The summed E-state index contributed by atoms with van der Waals surface area (Å²) in [6.07, 6.45) is 2.66. The molecule has 1 aromatic heterocycles. The Balaban J connectivity index is 1.77. The molecule has 0 spiro atoms. The standard InChI is InChI=1S/C17H31N5S/c1-5-18-17(20-12-16-21-14(3)15(4)23-16)19-8-11-22-9-6-13(2)7-10-22/h13H,5-12H2,1-4H3,(H2,18,19,20). The highest BCUT2D eigenvalue weighted by molar-refractivity contribution is 7.11. The van der Waals surface area contributed by atoms with Crippen molar-refractivity contribution in [2.75, 3.05) is 32.7 Å². The average Bonchev–Trinajstić information content (AvgIpc) is 2.85. The lowest BCUT2D eigenvalue weighted by Gasteiger charge is -2.30. The Kier molecular flexibility index (Phi) is 7.30. The summed E-state index contributed by atoms with van der Waals surface area (Å²) < 4.78 is 0. The first-order valence-electron chi connectivity index (χ1n) is 8.76. The quantitative estimate of drug-likeness (QED) is 0.619. The summed E-state index contributed by atoms with van der Waals surface area (Å²) in [4.78, 5) is 13.0. The van der Waals surface area contributed by atoms with Crippen LogP contribution in [-0.4, -0.2) is 48.6 Å². The highest BCUT2D eigenvalue weighted by atomic mass is 32.1. The molecule has 23 heavy (non-hydrogen) atoms. The number of piperidine rings is 1. The van der Waals surface area contributed by atoms with E-state index in [9.17, 15) is 0 Å². The van der Waals surface area contributed by atoms with Crippen molar-refractivity contribution in [3.8, 4) is 0 Å². The fourth-order valence-corrected chi connectivity index (χ4v) is 3.57. The molecule has 0 atom stereocenters. The molecule has 1 aromatic rings. The van der Waals surface area contributed by atoms with E-state index in [1.807, 2.05) is 0 Å². The zero-order chi connectivity index (χ0) is 16.7. The Labute approximate surface area is 144 Å². The van der Waals surface area contributed by atoms with E-state index in [4.69, 9.17) is 0 Å². The van der Waals surface area contributed by atoms with Crippen LogP contribution in [0.3, 0.4) is 0 Å². The van der Waals surface area contributed by atoms with Crippen LogP contribution in [0.15, 0.2) is 4.99 Å². The summed E-state index contributed by atoms with van der Waals surface area (Å²) in [5.41, 5.74) is 1.12. The van der Waals surface area contributed by atoms with E-state index < -0.39 is 0 Å². The first kappa shape index (κ1) is 18.2. The maximum Gasteiger partial charge on any atom is 0.191 e. The first-order valence-corrected chi connectivity index (χ1v) is 9.57. The van der Waals surface area contributed by atoms with Gasteiger partial charge in [-0.05, 0) is 52.6 Å². The van der Waals surface area contributed by atoms with Gasteiger partial charge in [-0.25, -0.2) is 9.98 Å². The zero-order valence-corrected chi connectivity index (χ0v) is 15.8. The molecule has 0 unspecified atom stereocenters. The number of likely N-dealkylation sites (tertiary alicyclic amines) is 1. The van der Waals surface area contributed by atoms with Gasteiger partial charge in [-0.1, -0.05) is 6.92 Å². The van der Waals surface area contributed by atoms with E-state index in [-0.39, 0.29) is 0 Å². The van der Waals surface area contributed by atoms with Crippen molar-refractivity contribution in [2.24, 2.45) is 10.9 Å². The summed E-state index contributed by atoms with van der Waals surface area (Å²) in [6, 6.07) is 0. The summed E-state index contributed by atoms with van der Waals surface area (Å²) >= 11 is 1.74. The minimum atomic E-state index is 0.649. The second kappa shape index (κ2) is 9.23. The Bertz CT molecular complexity index is 484. The van der Waals surface area contributed by atoms with Crippen LogP contribution in [0.2, 0.25) is 0 Å². The van der Waals surface area contributed by atoms with Crippen LogP contribution in [0.5, 0.6) is 0 Å². The number of aryl methyl sites for hydroxylation is 2. The molecule has 130 valence electrons. The third-order valence-corrected chi connectivity index (χ3v) is 5.44. The molecule has 6 heteroatoms. The molecular weight excluding hydrogens is 306 g/mol. The number of thiazole rings is 1. The van der Waals surface area contributed by atoms with Crippen molar-refractivity contribution in [2.45, 2.75) is 47.1 Å².